The van der Waals surface area contributed by atoms with Gasteiger partial charge in [-0.15, -0.1) is 0 Å². The molecule has 2 atom stereocenters. The van der Waals surface area contributed by atoms with Crippen LogP contribution in [-0.2, 0) is 0 Å². The molecule has 30 heavy (non-hydrogen) atoms. The second-order valence-corrected chi connectivity index (χ2v) is 7.95. The van der Waals surface area contributed by atoms with Crippen LogP contribution in [0.3, 0.4) is 0 Å². The summed E-state index contributed by atoms with van der Waals surface area (Å²) in [6.07, 6.45) is 4.79. The number of halogens is 3. The summed E-state index contributed by atoms with van der Waals surface area (Å²) in [6.45, 7) is 3.29. The quantitative estimate of drug-likeness (QED) is 0.430. The van der Waals surface area contributed by atoms with Crippen molar-refractivity contribution in [1.29, 1.82) is 5.41 Å². The summed E-state index contributed by atoms with van der Waals surface area (Å²) < 4.78 is 42.9. The Balaban J connectivity index is 1.74. The van der Waals surface area contributed by atoms with E-state index >= 15 is 0 Å². The predicted octanol–water partition coefficient (Wildman–Crippen LogP) is 3.59. The largest absolute Gasteiger partial charge is 0.356 e. The second kappa shape index (κ2) is 9.61. The fraction of sp³-hybridized carbons (Fsp3) is 0.474. The molecular formula is C19H24F3N7S. The Morgan fingerprint density at radius 3 is 3.00 bits per heavy atom. The van der Waals surface area contributed by atoms with E-state index in [0.717, 1.165) is 6.08 Å². The van der Waals surface area contributed by atoms with Crippen molar-refractivity contribution in [2.75, 3.05) is 30.8 Å². The summed E-state index contributed by atoms with van der Waals surface area (Å²) in [5, 5.41) is 7.15. The number of alkyl halides is 3. The Hall–Kier alpha value is -2.40. The number of H-pyrrole nitrogens is 1. The van der Waals surface area contributed by atoms with Crippen molar-refractivity contribution in [3.63, 3.8) is 0 Å². The monoisotopic (exact) mass is 439 g/mol. The third-order valence-electron chi connectivity index (χ3n) is 5.14. The van der Waals surface area contributed by atoms with Gasteiger partial charge >= 0.3 is 0 Å². The van der Waals surface area contributed by atoms with Crippen LogP contribution < -0.4 is 9.62 Å². The number of nitrogens with zero attached hydrogens (tertiary/aromatic N) is 4. The lowest BCUT2D eigenvalue weighted by molar-refractivity contribution is 0.0808. The van der Waals surface area contributed by atoms with Gasteiger partial charge in [0.2, 0.25) is 0 Å². The van der Waals surface area contributed by atoms with Gasteiger partial charge in [-0.3, -0.25) is 10.1 Å². The fourth-order valence-electron chi connectivity index (χ4n) is 3.23. The number of nitrogens with one attached hydrogen (secondary N) is 3. The van der Waals surface area contributed by atoms with Crippen molar-refractivity contribution in [1.82, 2.24) is 24.7 Å². The lowest BCUT2D eigenvalue weighted by Crippen LogP contribution is -2.51. The molecule has 2 aromatic rings. The van der Waals surface area contributed by atoms with E-state index in [2.05, 4.69) is 24.7 Å². The van der Waals surface area contributed by atoms with E-state index < -0.39 is 17.8 Å². The van der Waals surface area contributed by atoms with Crippen LogP contribution in [0.4, 0.5) is 19.0 Å². The van der Waals surface area contributed by atoms with E-state index in [4.69, 9.17) is 5.41 Å². The molecule has 11 heteroatoms. The molecule has 3 heterocycles. The van der Waals surface area contributed by atoms with Gasteiger partial charge in [-0.05, 0) is 31.8 Å². The summed E-state index contributed by atoms with van der Waals surface area (Å²) in [5.41, 5.74) is -0.850. The van der Waals surface area contributed by atoms with Gasteiger partial charge in [-0.1, -0.05) is 11.9 Å². The second-order valence-electron chi connectivity index (χ2n) is 7.26. The van der Waals surface area contributed by atoms with E-state index in [9.17, 15) is 13.2 Å². The highest BCUT2D eigenvalue weighted by Crippen LogP contribution is 2.33. The molecule has 0 amide bonds. The Morgan fingerprint density at radius 2 is 2.27 bits per heavy atom. The van der Waals surface area contributed by atoms with Crippen LogP contribution in [-0.4, -0.2) is 63.6 Å². The van der Waals surface area contributed by atoms with Gasteiger partial charge in [0, 0.05) is 31.6 Å². The number of imidazole rings is 1. The third-order valence-corrected chi connectivity index (χ3v) is 5.60. The molecule has 3 rings (SSSR count). The number of anilines is 1. The molecule has 1 aliphatic heterocycles. The first-order valence-corrected chi connectivity index (χ1v) is 10.6. The zero-order chi connectivity index (χ0) is 21.7. The summed E-state index contributed by atoms with van der Waals surface area (Å²) in [5.74, 6) is 0.854. The number of hydrogen-bond acceptors (Lipinski definition) is 7. The van der Waals surface area contributed by atoms with Gasteiger partial charge in [0.1, 0.15) is 23.6 Å². The molecular weight excluding hydrogens is 415 g/mol. The van der Waals surface area contributed by atoms with Gasteiger partial charge in [0.25, 0.3) is 6.43 Å². The van der Waals surface area contributed by atoms with Crippen molar-refractivity contribution >= 4 is 29.6 Å². The van der Waals surface area contributed by atoms with Crippen molar-refractivity contribution in [3.05, 3.63) is 30.5 Å². The molecule has 0 saturated carbocycles. The zero-order valence-corrected chi connectivity index (χ0v) is 17.5. The van der Waals surface area contributed by atoms with E-state index in [-0.39, 0.29) is 5.92 Å². The third kappa shape index (κ3) is 5.39. The lowest BCUT2D eigenvalue weighted by atomic mass is 9.84. The van der Waals surface area contributed by atoms with Crippen molar-refractivity contribution < 1.29 is 13.2 Å². The lowest BCUT2D eigenvalue weighted by Gasteiger charge is -2.41. The first-order valence-electron chi connectivity index (χ1n) is 9.42. The van der Waals surface area contributed by atoms with E-state index in [1.807, 2.05) is 11.2 Å². The highest BCUT2D eigenvalue weighted by Gasteiger charge is 2.39. The van der Waals surface area contributed by atoms with Gasteiger partial charge in [-0.25, -0.2) is 28.1 Å². The summed E-state index contributed by atoms with van der Waals surface area (Å²) in [4.78, 5) is 17.7. The van der Waals surface area contributed by atoms with Gasteiger partial charge in [-0.2, -0.15) is 0 Å². The van der Waals surface area contributed by atoms with Crippen LogP contribution in [0, 0.1) is 11.3 Å². The van der Waals surface area contributed by atoms with Crippen LogP contribution in [0.5, 0.6) is 0 Å². The maximum atomic E-state index is 14.9. The average molecular weight is 440 g/mol. The molecule has 1 saturated heterocycles. The Bertz CT molecular complexity index is 900. The summed E-state index contributed by atoms with van der Waals surface area (Å²) in [7, 11) is 0. The van der Waals surface area contributed by atoms with Crippen molar-refractivity contribution in [2.45, 2.75) is 25.4 Å². The number of piperidine rings is 1. The average Bonchev–Trinajstić information content (AvgIpc) is 3.20. The smallest absolute Gasteiger partial charge is 0.279 e. The van der Waals surface area contributed by atoms with Crippen LogP contribution in [0.25, 0.3) is 17.5 Å². The van der Waals surface area contributed by atoms with Crippen LogP contribution in [0.15, 0.2) is 24.7 Å². The molecule has 0 spiro atoms. The first kappa shape index (κ1) is 22.3. The molecule has 162 valence electrons. The van der Waals surface area contributed by atoms with Crippen LogP contribution in [0.2, 0.25) is 0 Å². The molecule has 2 aromatic heterocycles. The highest BCUT2D eigenvalue weighted by atomic mass is 32.2. The molecule has 1 fully saturated rings. The minimum atomic E-state index is -2.83. The normalized spacial score (nSPS) is 22.2. The van der Waals surface area contributed by atoms with E-state index in [1.54, 1.807) is 13.0 Å². The number of allylic oxidation sites excluding steroid dienone is 1. The Kier molecular flexibility index (Phi) is 7.14. The number of rotatable bonds is 8. The molecule has 0 aromatic carbocycles. The van der Waals surface area contributed by atoms with Gasteiger partial charge < -0.3 is 9.88 Å². The Labute approximate surface area is 177 Å². The fourth-order valence-corrected chi connectivity index (χ4v) is 3.60. The minimum absolute atomic E-state index is 0.175. The predicted molar refractivity (Wildman–Crippen MR) is 114 cm³/mol. The number of aromatic amines is 1. The van der Waals surface area contributed by atoms with Gasteiger partial charge in [0.05, 0.1) is 23.3 Å². The molecule has 0 radical (unpaired) electrons. The maximum Gasteiger partial charge on any atom is 0.279 e. The SMILES string of the molecule is CSNCC1CN(c2cc(-c3cnc(/C=C\C(=N)C(F)F)[nH]3)ncn2)CCC1(C)F. The van der Waals surface area contributed by atoms with Crippen molar-refractivity contribution in [3.8, 4) is 11.4 Å². The number of hydrogen-bond donors (Lipinski definition) is 3. The van der Waals surface area contributed by atoms with Crippen LogP contribution in [0.1, 0.15) is 19.2 Å². The Morgan fingerprint density at radius 1 is 1.47 bits per heavy atom. The molecule has 2 unspecified atom stereocenters. The number of aromatic nitrogens is 4. The zero-order valence-electron chi connectivity index (χ0n) is 16.7. The standard InChI is InChI=1S/C19H24F3N7S/c1-19(22)5-6-29(10-12(19)8-27-30-2)17-7-14(25-11-26-17)15-9-24-16(28-15)4-3-13(23)18(20)21/h3-4,7,9,11-12,18,23,27H,5-6,8,10H2,1-2H3,(H,24,28)/b4-3-,23-13?. The van der Waals surface area contributed by atoms with E-state index in [1.165, 1.54) is 30.5 Å². The summed E-state index contributed by atoms with van der Waals surface area (Å²) in [6, 6.07) is 1.79. The molecule has 1 aliphatic rings. The topological polar surface area (TPSA) is 93.6 Å². The summed E-state index contributed by atoms with van der Waals surface area (Å²) >= 11 is 1.47. The first-order chi connectivity index (χ1) is 14.3. The molecule has 3 N–H and O–H groups in total. The molecule has 7 nitrogen and oxygen atoms in total. The van der Waals surface area contributed by atoms with Gasteiger partial charge in [0.15, 0.2) is 0 Å². The minimum Gasteiger partial charge on any atom is -0.356 e. The maximum absolute atomic E-state index is 14.9. The van der Waals surface area contributed by atoms with Crippen molar-refractivity contribution in [2.24, 2.45) is 5.92 Å². The highest BCUT2D eigenvalue weighted by molar-refractivity contribution is 7.96. The van der Waals surface area contributed by atoms with Crippen LogP contribution >= 0.6 is 11.9 Å². The molecule has 0 bridgehead atoms. The molecule has 0 aliphatic carbocycles. The van der Waals surface area contributed by atoms with E-state index in [0.29, 0.717) is 49.1 Å².